The highest BCUT2D eigenvalue weighted by molar-refractivity contribution is 5.93. The van der Waals surface area contributed by atoms with Crippen LogP contribution in [0.1, 0.15) is 41.7 Å². The molecule has 3 rings (SSSR count). The molecule has 1 fully saturated rings. The van der Waals surface area contributed by atoms with Crippen LogP contribution in [0.15, 0.2) is 42.6 Å². The van der Waals surface area contributed by atoms with E-state index in [-0.39, 0.29) is 5.91 Å². The van der Waals surface area contributed by atoms with Crippen LogP contribution in [0.2, 0.25) is 0 Å². The number of pyridine rings is 1. The molecule has 0 unspecified atom stereocenters. The monoisotopic (exact) mass is 309 g/mol. The van der Waals surface area contributed by atoms with E-state index < -0.39 is 0 Å². The van der Waals surface area contributed by atoms with Crippen molar-refractivity contribution in [2.24, 2.45) is 0 Å². The Bertz CT molecular complexity index is 676. The van der Waals surface area contributed by atoms with Gasteiger partial charge in [0.05, 0.1) is 0 Å². The maximum Gasteiger partial charge on any atom is 0.272 e. The van der Waals surface area contributed by atoms with Gasteiger partial charge in [-0.05, 0) is 49.6 Å². The Labute approximate surface area is 137 Å². The Morgan fingerprint density at radius 1 is 1.04 bits per heavy atom. The Hall–Kier alpha value is -2.36. The fourth-order valence-electron chi connectivity index (χ4n) is 2.95. The molecule has 1 aromatic heterocycles. The van der Waals surface area contributed by atoms with Crippen molar-refractivity contribution in [3.8, 4) is 0 Å². The van der Waals surface area contributed by atoms with Crippen LogP contribution in [0, 0.1) is 6.92 Å². The molecule has 2 aromatic rings. The van der Waals surface area contributed by atoms with Crippen LogP contribution in [0.5, 0.6) is 0 Å². The highest BCUT2D eigenvalue weighted by Gasteiger charge is 2.18. The SMILES string of the molecule is Cc1cccc(Nc2ccnc(C(=O)N3CCCCCC3)c2)c1. The minimum absolute atomic E-state index is 0.0415. The zero-order valence-electron chi connectivity index (χ0n) is 13.6. The lowest BCUT2D eigenvalue weighted by atomic mass is 10.2. The molecule has 0 spiro atoms. The number of carbonyl (C=O) groups is 1. The van der Waals surface area contributed by atoms with Gasteiger partial charge >= 0.3 is 0 Å². The Morgan fingerprint density at radius 3 is 2.52 bits per heavy atom. The second-order valence-corrected chi connectivity index (χ2v) is 6.13. The van der Waals surface area contributed by atoms with Crippen LogP contribution in [-0.2, 0) is 0 Å². The average molecular weight is 309 g/mol. The van der Waals surface area contributed by atoms with Crippen molar-refractivity contribution >= 4 is 17.3 Å². The zero-order valence-corrected chi connectivity index (χ0v) is 13.6. The van der Waals surface area contributed by atoms with Crippen molar-refractivity contribution in [3.05, 3.63) is 53.9 Å². The molecular weight excluding hydrogens is 286 g/mol. The maximum atomic E-state index is 12.6. The lowest BCUT2D eigenvalue weighted by molar-refractivity contribution is 0.0756. The lowest BCUT2D eigenvalue weighted by Gasteiger charge is -2.20. The molecule has 0 aliphatic carbocycles. The number of hydrogen-bond acceptors (Lipinski definition) is 3. The van der Waals surface area contributed by atoms with E-state index in [1.807, 2.05) is 29.2 Å². The van der Waals surface area contributed by atoms with Crippen LogP contribution < -0.4 is 5.32 Å². The molecule has 0 atom stereocenters. The first kappa shape index (κ1) is 15.5. The number of benzene rings is 1. The standard InChI is InChI=1S/C19H23N3O/c1-15-7-6-8-16(13-15)21-17-9-10-20-18(14-17)19(23)22-11-4-2-3-5-12-22/h6-10,13-14H,2-5,11-12H2,1H3,(H,20,21). The molecule has 0 saturated carbocycles. The largest absolute Gasteiger partial charge is 0.355 e. The highest BCUT2D eigenvalue weighted by Crippen LogP contribution is 2.19. The Kier molecular flexibility index (Phi) is 4.91. The number of aryl methyl sites for hydroxylation is 1. The second-order valence-electron chi connectivity index (χ2n) is 6.13. The van der Waals surface area contributed by atoms with Gasteiger partial charge in [-0.3, -0.25) is 9.78 Å². The molecular formula is C19H23N3O. The predicted octanol–water partition coefficient (Wildman–Crippen LogP) is 4.15. The molecule has 120 valence electrons. The van der Waals surface area contributed by atoms with Crippen LogP contribution in [0.3, 0.4) is 0 Å². The van der Waals surface area contributed by atoms with Gasteiger partial charge in [0, 0.05) is 30.7 Å². The molecule has 1 saturated heterocycles. The first-order chi connectivity index (χ1) is 11.2. The van der Waals surface area contributed by atoms with Gasteiger partial charge in [0.1, 0.15) is 5.69 Å². The van der Waals surface area contributed by atoms with Gasteiger partial charge < -0.3 is 10.2 Å². The van der Waals surface area contributed by atoms with Crippen molar-refractivity contribution in [2.45, 2.75) is 32.6 Å². The number of aromatic nitrogens is 1. The Balaban J connectivity index is 1.75. The topological polar surface area (TPSA) is 45.2 Å². The molecule has 0 radical (unpaired) electrons. The third-order valence-corrected chi connectivity index (χ3v) is 4.18. The maximum absolute atomic E-state index is 12.6. The third-order valence-electron chi connectivity index (χ3n) is 4.18. The van der Waals surface area contributed by atoms with Crippen molar-refractivity contribution in [2.75, 3.05) is 18.4 Å². The zero-order chi connectivity index (χ0) is 16.1. The highest BCUT2D eigenvalue weighted by atomic mass is 16.2. The van der Waals surface area contributed by atoms with Gasteiger partial charge in [-0.25, -0.2) is 0 Å². The van der Waals surface area contributed by atoms with Gasteiger partial charge in [-0.1, -0.05) is 25.0 Å². The molecule has 4 heteroatoms. The normalized spacial score (nSPS) is 15.1. The number of amides is 1. The fraction of sp³-hybridized carbons (Fsp3) is 0.368. The van der Waals surface area contributed by atoms with E-state index in [4.69, 9.17) is 0 Å². The van der Waals surface area contributed by atoms with Crippen molar-refractivity contribution in [3.63, 3.8) is 0 Å². The molecule has 1 aliphatic rings. The van der Waals surface area contributed by atoms with Crippen LogP contribution in [0.4, 0.5) is 11.4 Å². The number of carbonyl (C=O) groups excluding carboxylic acids is 1. The smallest absolute Gasteiger partial charge is 0.272 e. The van der Waals surface area contributed by atoms with Gasteiger partial charge in [-0.2, -0.15) is 0 Å². The van der Waals surface area contributed by atoms with E-state index in [0.29, 0.717) is 5.69 Å². The summed E-state index contributed by atoms with van der Waals surface area (Å²) in [6, 6.07) is 11.9. The molecule has 1 N–H and O–H groups in total. The first-order valence-electron chi connectivity index (χ1n) is 8.31. The number of rotatable bonds is 3. The summed E-state index contributed by atoms with van der Waals surface area (Å²) in [5.74, 6) is 0.0415. The lowest BCUT2D eigenvalue weighted by Crippen LogP contribution is -2.32. The first-order valence-corrected chi connectivity index (χ1v) is 8.31. The summed E-state index contributed by atoms with van der Waals surface area (Å²) >= 11 is 0. The van der Waals surface area contributed by atoms with E-state index in [2.05, 4.69) is 29.4 Å². The number of hydrogen-bond donors (Lipinski definition) is 1. The number of nitrogens with one attached hydrogen (secondary N) is 1. The molecule has 0 bridgehead atoms. The number of likely N-dealkylation sites (tertiary alicyclic amines) is 1. The van der Waals surface area contributed by atoms with E-state index in [1.165, 1.54) is 18.4 Å². The minimum Gasteiger partial charge on any atom is -0.355 e. The predicted molar refractivity (Wildman–Crippen MR) is 93.1 cm³/mol. The Morgan fingerprint density at radius 2 is 1.78 bits per heavy atom. The summed E-state index contributed by atoms with van der Waals surface area (Å²) < 4.78 is 0. The summed E-state index contributed by atoms with van der Waals surface area (Å²) in [5, 5.41) is 3.34. The van der Waals surface area contributed by atoms with E-state index >= 15 is 0 Å². The fourth-order valence-corrected chi connectivity index (χ4v) is 2.95. The van der Waals surface area contributed by atoms with E-state index in [1.54, 1.807) is 6.20 Å². The van der Waals surface area contributed by atoms with Crippen LogP contribution in [-0.4, -0.2) is 28.9 Å². The van der Waals surface area contributed by atoms with Gasteiger partial charge in [0.25, 0.3) is 5.91 Å². The second kappa shape index (κ2) is 7.27. The summed E-state index contributed by atoms with van der Waals surface area (Å²) in [4.78, 5) is 18.9. The molecule has 2 heterocycles. The van der Waals surface area contributed by atoms with E-state index in [9.17, 15) is 4.79 Å². The van der Waals surface area contributed by atoms with Crippen molar-refractivity contribution < 1.29 is 4.79 Å². The van der Waals surface area contributed by atoms with Crippen molar-refractivity contribution in [1.29, 1.82) is 0 Å². The summed E-state index contributed by atoms with van der Waals surface area (Å²) in [7, 11) is 0. The third kappa shape index (κ3) is 4.09. The van der Waals surface area contributed by atoms with Gasteiger partial charge in [0.15, 0.2) is 0 Å². The average Bonchev–Trinajstić information content (AvgIpc) is 2.84. The molecule has 1 amide bonds. The summed E-state index contributed by atoms with van der Waals surface area (Å²) in [6.45, 7) is 3.75. The van der Waals surface area contributed by atoms with E-state index in [0.717, 1.165) is 37.3 Å². The molecule has 23 heavy (non-hydrogen) atoms. The number of anilines is 2. The quantitative estimate of drug-likeness (QED) is 0.926. The summed E-state index contributed by atoms with van der Waals surface area (Å²) in [6.07, 6.45) is 6.31. The van der Waals surface area contributed by atoms with Crippen LogP contribution >= 0.6 is 0 Å². The number of nitrogens with zero attached hydrogens (tertiary/aromatic N) is 2. The molecule has 4 nitrogen and oxygen atoms in total. The summed E-state index contributed by atoms with van der Waals surface area (Å²) in [5.41, 5.74) is 3.63. The van der Waals surface area contributed by atoms with Crippen molar-refractivity contribution in [1.82, 2.24) is 9.88 Å². The minimum atomic E-state index is 0.0415. The molecule has 1 aromatic carbocycles. The molecule has 1 aliphatic heterocycles. The van der Waals surface area contributed by atoms with Gasteiger partial charge in [0.2, 0.25) is 0 Å². The van der Waals surface area contributed by atoms with Crippen LogP contribution in [0.25, 0.3) is 0 Å². The van der Waals surface area contributed by atoms with Gasteiger partial charge in [-0.15, -0.1) is 0 Å².